The molecule has 0 unspecified atom stereocenters. The van der Waals surface area contributed by atoms with Gasteiger partial charge in [0.2, 0.25) is 0 Å². The Balaban J connectivity index is 2.06. The molecule has 0 amide bonds. The maximum Gasteiger partial charge on any atom is 0.325 e. The number of thioether (sulfide) groups is 1. The van der Waals surface area contributed by atoms with Gasteiger partial charge in [-0.3, -0.25) is 9.78 Å². The molecule has 2 N–H and O–H groups in total. The SMILES string of the molecule is CN(C)c1ccc(SCc2c[nH]c(=O)[nH]c2=O)cc1. The molecule has 19 heavy (non-hydrogen) atoms. The number of benzene rings is 1. The molecule has 0 atom stereocenters. The standard InChI is InChI=1S/C13H15N3O2S/c1-16(2)10-3-5-11(6-4-10)19-8-9-7-14-13(18)15-12(9)17/h3-7H,8H2,1-2H3,(H2,14,15,17,18). The summed E-state index contributed by atoms with van der Waals surface area (Å²) >= 11 is 1.55. The Bertz CT molecular complexity index is 659. The lowest BCUT2D eigenvalue weighted by Gasteiger charge is -2.12. The maximum atomic E-state index is 11.5. The van der Waals surface area contributed by atoms with Gasteiger partial charge in [-0.15, -0.1) is 11.8 Å². The number of nitrogens with zero attached hydrogens (tertiary/aromatic N) is 1. The lowest BCUT2D eigenvalue weighted by atomic mass is 10.3. The first-order valence-corrected chi connectivity index (χ1v) is 6.76. The summed E-state index contributed by atoms with van der Waals surface area (Å²) in [6.07, 6.45) is 1.46. The van der Waals surface area contributed by atoms with Crippen LogP contribution < -0.4 is 16.1 Å². The van der Waals surface area contributed by atoms with Gasteiger partial charge in [-0.05, 0) is 24.3 Å². The van der Waals surface area contributed by atoms with Crippen molar-refractivity contribution in [3.8, 4) is 0 Å². The fourth-order valence-electron chi connectivity index (χ4n) is 1.55. The van der Waals surface area contributed by atoms with Crippen LogP contribution >= 0.6 is 11.8 Å². The molecule has 0 radical (unpaired) electrons. The van der Waals surface area contributed by atoms with Crippen LogP contribution in [0.4, 0.5) is 5.69 Å². The first-order chi connectivity index (χ1) is 9.06. The maximum absolute atomic E-state index is 11.5. The fraction of sp³-hybridized carbons (Fsp3) is 0.231. The van der Waals surface area contributed by atoms with E-state index in [1.807, 2.05) is 43.3 Å². The molecule has 0 spiro atoms. The highest BCUT2D eigenvalue weighted by Gasteiger charge is 2.02. The molecule has 0 aliphatic rings. The summed E-state index contributed by atoms with van der Waals surface area (Å²) in [5, 5.41) is 0. The van der Waals surface area contributed by atoms with E-state index in [1.165, 1.54) is 6.20 Å². The van der Waals surface area contributed by atoms with Crippen molar-refractivity contribution < 1.29 is 0 Å². The summed E-state index contributed by atoms with van der Waals surface area (Å²) in [5.74, 6) is 0.521. The molecule has 0 fully saturated rings. The summed E-state index contributed by atoms with van der Waals surface area (Å²) in [7, 11) is 3.98. The molecule has 5 nitrogen and oxygen atoms in total. The summed E-state index contributed by atoms with van der Waals surface area (Å²) in [4.78, 5) is 30.2. The first-order valence-electron chi connectivity index (χ1n) is 5.77. The molecule has 2 rings (SSSR count). The summed E-state index contributed by atoms with van der Waals surface area (Å²) in [6.45, 7) is 0. The van der Waals surface area contributed by atoms with Gasteiger partial charge in [-0.2, -0.15) is 0 Å². The number of nitrogens with one attached hydrogen (secondary N) is 2. The normalized spacial score (nSPS) is 10.4. The molecule has 0 bridgehead atoms. The van der Waals surface area contributed by atoms with Crippen LogP contribution in [0.5, 0.6) is 0 Å². The zero-order valence-corrected chi connectivity index (χ0v) is 11.6. The van der Waals surface area contributed by atoms with Crippen LogP contribution in [0.15, 0.2) is 44.9 Å². The highest BCUT2D eigenvalue weighted by molar-refractivity contribution is 7.98. The Kier molecular flexibility index (Phi) is 4.11. The predicted octanol–water partition coefficient (Wildman–Crippen LogP) is 1.42. The average Bonchev–Trinajstić information content (AvgIpc) is 2.38. The number of hydrogen-bond acceptors (Lipinski definition) is 4. The minimum Gasteiger partial charge on any atom is -0.378 e. The van der Waals surface area contributed by atoms with E-state index in [0.717, 1.165) is 10.6 Å². The lowest BCUT2D eigenvalue weighted by Crippen LogP contribution is -2.24. The monoisotopic (exact) mass is 277 g/mol. The smallest absolute Gasteiger partial charge is 0.325 e. The third-order valence-electron chi connectivity index (χ3n) is 2.64. The Morgan fingerprint density at radius 1 is 1.16 bits per heavy atom. The molecule has 1 aromatic carbocycles. The number of aromatic amines is 2. The third kappa shape index (κ3) is 3.51. The zero-order chi connectivity index (χ0) is 13.8. The van der Waals surface area contributed by atoms with Gasteiger partial charge < -0.3 is 9.88 Å². The van der Waals surface area contributed by atoms with Gasteiger partial charge in [0.15, 0.2) is 0 Å². The van der Waals surface area contributed by atoms with Crippen molar-refractivity contribution in [1.82, 2.24) is 9.97 Å². The molecular formula is C13H15N3O2S. The van der Waals surface area contributed by atoms with Gasteiger partial charge in [0.25, 0.3) is 5.56 Å². The number of rotatable bonds is 4. The van der Waals surface area contributed by atoms with E-state index in [1.54, 1.807) is 11.8 Å². The minimum absolute atomic E-state index is 0.332. The quantitative estimate of drug-likeness (QED) is 0.829. The average molecular weight is 277 g/mol. The number of H-pyrrole nitrogens is 2. The highest BCUT2D eigenvalue weighted by Crippen LogP contribution is 2.23. The van der Waals surface area contributed by atoms with E-state index in [2.05, 4.69) is 9.97 Å². The van der Waals surface area contributed by atoms with Crippen LogP contribution in [0.2, 0.25) is 0 Å². The van der Waals surface area contributed by atoms with E-state index in [0.29, 0.717) is 11.3 Å². The van der Waals surface area contributed by atoms with Crippen LogP contribution in [0.25, 0.3) is 0 Å². The minimum atomic E-state index is -0.478. The van der Waals surface area contributed by atoms with Gasteiger partial charge in [0.05, 0.1) is 0 Å². The van der Waals surface area contributed by atoms with Crippen molar-refractivity contribution in [1.29, 1.82) is 0 Å². The van der Waals surface area contributed by atoms with Crippen LogP contribution in [0.3, 0.4) is 0 Å². The molecule has 2 aromatic rings. The Morgan fingerprint density at radius 2 is 1.84 bits per heavy atom. The largest absolute Gasteiger partial charge is 0.378 e. The summed E-state index contributed by atoms with van der Waals surface area (Å²) in [5.41, 5.74) is 0.878. The predicted molar refractivity (Wildman–Crippen MR) is 78.0 cm³/mol. The van der Waals surface area contributed by atoms with Crippen LogP contribution in [-0.4, -0.2) is 24.1 Å². The van der Waals surface area contributed by atoms with Gasteiger partial charge in [-0.1, -0.05) is 0 Å². The molecule has 0 saturated heterocycles. The molecule has 6 heteroatoms. The molecule has 100 valence electrons. The van der Waals surface area contributed by atoms with E-state index in [4.69, 9.17) is 0 Å². The van der Waals surface area contributed by atoms with Crippen molar-refractivity contribution in [2.75, 3.05) is 19.0 Å². The first kappa shape index (κ1) is 13.5. The topological polar surface area (TPSA) is 69.0 Å². The van der Waals surface area contributed by atoms with Crippen molar-refractivity contribution in [3.63, 3.8) is 0 Å². The van der Waals surface area contributed by atoms with Crippen LogP contribution in [0, 0.1) is 0 Å². The Hall–Kier alpha value is -1.95. The summed E-state index contributed by atoms with van der Waals surface area (Å²) in [6, 6.07) is 8.08. The van der Waals surface area contributed by atoms with Gasteiger partial charge >= 0.3 is 5.69 Å². The second-order valence-corrected chi connectivity index (χ2v) is 5.32. The second kappa shape index (κ2) is 5.79. The van der Waals surface area contributed by atoms with Gasteiger partial charge in [0, 0.05) is 42.2 Å². The summed E-state index contributed by atoms with van der Waals surface area (Å²) < 4.78 is 0. The van der Waals surface area contributed by atoms with E-state index >= 15 is 0 Å². The third-order valence-corrected chi connectivity index (χ3v) is 3.70. The Morgan fingerprint density at radius 3 is 2.42 bits per heavy atom. The van der Waals surface area contributed by atoms with Crippen LogP contribution in [-0.2, 0) is 5.75 Å². The van der Waals surface area contributed by atoms with E-state index in [-0.39, 0.29) is 5.56 Å². The van der Waals surface area contributed by atoms with Crippen molar-refractivity contribution in [2.45, 2.75) is 10.6 Å². The van der Waals surface area contributed by atoms with Gasteiger partial charge in [0.1, 0.15) is 0 Å². The van der Waals surface area contributed by atoms with Crippen LogP contribution in [0.1, 0.15) is 5.56 Å². The molecule has 0 aliphatic heterocycles. The van der Waals surface area contributed by atoms with E-state index < -0.39 is 5.69 Å². The van der Waals surface area contributed by atoms with Crippen molar-refractivity contribution >= 4 is 17.4 Å². The second-order valence-electron chi connectivity index (χ2n) is 4.27. The number of hydrogen-bond donors (Lipinski definition) is 2. The lowest BCUT2D eigenvalue weighted by molar-refractivity contribution is 1.00. The molecule has 1 heterocycles. The molecule has 0 saturated carbocycles. The molecule has 0 aliphatic carbocycles. The van der Waals surface area contributed by atoms with Gasteiger partial charge in [-0.25, -0.2) is 4.79 Å². The fourth-order valence-corrected chi connectivity index (χ4v) is 2.41. The van der Waals surface area contributed by atoms with Crippen molar-refractivity contribution in [2.24, 2.45) is 0 Å². The van der Waals surface area contributed by atoms with E-state index in [9.17, 15) is 9.59 Å². The zero-order valence-electron chi connectivity index (χ0n) is 10.8. The number of anilines is 1. The molecular weight excluding hydrogens is 262 g/mol. The Labute approximate surface area is 114 Å². The number of aromatic nitrogens is 2. The molecule has 1 aromatic heterocycles. The van der Waals surface area contributed by atoms with Crippen molar-refractivity contribution in [3.05, 3.63) is 56.9 Å². The highest BCUT2D eigenvalue weighted by atomic mass is 32.2.